The minimum Gasteiger partial charge on any atom is -0.378 e. The number of hydrogen-bond donors (Lipinski definition) is 0. The van der Waals surface area contributed by atoms with Crippen LogP contribution in [0.5, 0.6) is 0 Å². The van der Waals surface area contributed by atoms with E-state index in [1.165, 1.54) is 0 Å². The third kappa shape index (κ3) is 3.38. The van der Waals surface area contributed by atoms with Crippen molar-refractivity contribution in [3.05, 3.63) is 16.5 Å². The van der Waals surface area contributed by atoms with Crippen molar-refractivity contribution in [3.8, 4) is 10.6 Å². The van der Waals surface area contributed by atoms with Crippen LogP contribution in [-0.4, -0.2) is 51.0 Å². The zero-order valence-electron chi connectivity index (χ0n) is 16.7. The van der Waals surface area contributed by atoms with Crippen LogP contribution in [0.2, 0.25) is 5.15 Å². The van der Waals surface area contributed by atoms with Crippen molar-refractivity contribution in [1.82, 2.24) is 24.7 Å². The molecule has 4 rings (SSSR count). The third-order valence-electron chi connectivity index (χ3n) is 5.30. The van der Waals surface area contributed by atoms with Gasteiger partial charge in [-0.2, -0.15) is 5.10 Å². The Morgan fingerprint density at radius 1 is 1.14 bits per heavy atom. The summed E-state index contributed by atoms with van der Waals surface area (Å²) >= 11 is 8.08. The molecule has 150 valence electrons. The van der Waals surface area contributed by atoms with Gasteiger partial charge in [0, 0.05) is 26.1 Å². The molecule has 0 bridgehead atoms. The number of ether oxygens (including phenoxy) is 1. The lowest BCUT2D eigenvalue weighted by Gasteiger charge is -2.25. The lowest BCUT2D eigenvalue weighted by Crippen LogP contribution is -2.36. The smallest absolute Gasteiger partial charge is 0.187 e. The molecule has 28 heavy (non-hydrogen) atoms. The van der Waals surface area contributed by atoms with E-state index in [0.29, 0.717) is 24.3 Å². The van der Waals surface area contributed by atoms with Gasteiger partial charge in [0.1, 0.15) is 11.2 Å². The second-order valence-electron chi connectivity index (χ2n) is 7.07. The Morgan fingerprint density at radius 3 is 2.54 bits per heavy atom. The molecule has 0 N–H and O–H groups in total. The maximum absolute atomic E-state index is 6.51. The monoisotopic (exact) mass is 420 g/mol. The summed E-state index contributed by atoms with van der Waals surface area (Å²) in [7, 11) is 1.93. The van der Waals surface area contributed by atoms with Crippen LogP contribution in [0, 0.1) is 6.92 Å². The van der Waals surface area contributed by atoms with Crippen molar-refractivity contribution in [2.75, 3.05) is 31.2 Å². The summed E-state index contributed by atoms with van der Waals surface area (Å²) in [5, 5.41) is 6.12. The van der Waals surface area contributed by atoms with Gasteiger partial charge in [0.05, 0.1) is 29.5 Å². The van der Waals surface area contributed by atoms with Crippen LogP contribution in [0.3, 0.4) is 0 Å². The Labute approximate surface area is 173 Å². The number of fused-ring (bicyclic) bond motifs is 1. The topological polar surface area (TPSA) is 69.0 Å². The van der Waals surface area contributed by atoms with E-state index in [1.54, 1.807) is 11.3 Å². The van der Waals surface area contributed by atoms with Gasteiger partial charge in [0.25, 0.3) is 0 Å². The first-order valence-corrected chi connectivity index (χ1v) is 10.9. The van der Waals surface area contributed by atoms with E-state index in [1.807, 2.05) is 18.7 Å². The predicted octanol–water partition coefficient (Wildman–Crippen LogP) is 4.19. The fraction of sp³-hybridized carbons (Fsp3) is 0.579. The Bertz CT molecular complexity index is 990. The van der Waals surface area contributed by atoms with E-state index in [9.17, 15) is 0 Å². The number of anilines is 1. The van der Waals surface area contributed by atoms with Crippen molar-refractivity contribution in [3.63, 3.8) is 0 Å². The van der Waals surface area contributed by atoms with Gasteiger partial charge in [-0.3, -0.25) is 0 Å². The molecule has 0 aromatic carbocycles. The number of morpholine rings is 1. The van der Waals surface area contributed by atoms with Gasteiger partial charge in [0.15, 0.2) is 15.9 Å². The van der Waals surface area contributed by atoms with E-state index in [4.69, 9.17) is 31.4 Å². The van der Waals surface area contributed by atoms with Gasteiger partial charge < -0.3 is 9.64 Å². The molecular formula is C19H25ClN6OS. The molecule has 0 aliphatic carbocycles. The van der Waals surface area contributed by atoms with Crippen molar-refractivity contribution in [1.29, 1.82) is 0 Å². The van der Waals surface area contributed by atoms with Gasteiger partial charge in [0.2, 0.25) is 0 Å². The molecule has 1 aliphatic rings. The molecule has 9 heteroatoms. The maximum atomic E-state index is 6.51. The average Bonchev–Trinajstić information content (AvgIpc) is 3.23. The lowest BCUT2D eigenvalue weighted by molar-refractivity contribution is 0.122. The molecule has 0 spiro atoms. The highest BCUT2D eigenvalue weighted by atomic mass is 35.5. The summed E-state index contributed by atoms with van der Waals surface area (Å²) < 4.78 is 7.26. The number of aryl methyl sites for hydroxylation is 2. The van der Waals surface area contributed by atoms with Crippen molar-refractivity contribution in [2.24, 2.45) is 7.05 Å². The van der Waals surface area contributed by atoms with Crippen LogP contribution in [-0.2, 0) is 11.8 Å². The first-order chi connectivity index (χ1) is 13.5. The first kappa shape index (κ1) is 19.5. The molecule has 7 nitrogen and oxygen atoms in total. The molecule has 3 aromatic heterocycles. The predicted molar refractivity (Wildman–Crippen MR) is 114 cm³/mol. The Kier molecular flexibility index (Phi) is 5.53. The number of nitrogens with zero attached hydrogens (tertiary/aromatic N) is 6. The van der Waals surface area contributed by atoms with Crippen molar-refractivity contribution < 1.29 is 4.74 Å². The van der Waals surface area contributed by atoms with Crippen LogP contribution in [0.1, 0.15) is 44.0 Å². The van der Waals surface area contributed by atoms with Crippen molar-refractivity contribution >= 4 is 39.2 Å². The quantitative estimate of drug-likeness (QED) is 0.616. The number of halogens is 1. The summed E-state index contributed by atoms with van der Waals surface area (Å²) in [5.74, 6) is 0.392. The zero-order chi connectivity index (χ0) is 19.8. The van der Waals surface area contributed by atoms with Gasteiger partial charge in [-0.25, -0.2) is 19.6 Å². The highest BCUT2D eigenvalue weighted by Gasteiger charge is 2.24. The summed E-state index contributed by atoms with van der Waals surface area (Å²) in [5.41, 5.74) is 4.36. The fourth-order valence-electron chi connectivity index (χ4n) is 3.66. The molecule has 4 heterocycles. The minimum atomic E-state index is 0.392. The lowest BCUT2D eigenvalue weighted by atomic mass is 9.99. The van der Waals surface area contributed by atoms with E-state index >= 15 is 0 Å². The SMILES string of the molecule is CCC(CC)c1nn(C)c2nc(-c3sc(N4CCOCC4)nc3Cl)c(C)nc12. The Hall–Kier alpha value is -1.77. The van der Waals surface area contributed by atoms with Crippen LogP contribution in [0.15, 0.2) is 0 Å². The molecule has 0 amide bonds. The number of thiazole rings is 1. The van der Waals surface area contributed by atoms with Gasteiger partial charge in [-0.05, 0) is 19.8 Å². The molecule has 1 saturated heterocycles. The Balaban J connectivity index is 1.78. The number of aromatic nitrogens is 5. The summed E-state index contributed by atoms with van der Waals surface area (Å²) in [4.78, 5) is 17.5. The molecule has 3 aromatic rings. The van der Waals surface area contributed by atoms with Crippen molar-refractivity contribution in [2.45, 2.75) is 39.5 Å². The van der Waals surface area contributed by atoms with E-state index in [-0.39, 0.29) is 0 Å². The van der Waals surface area contributed by atoms with Crippen LogP contribution in [0.25, 0.3) is 21.7 Å². The standard InChI is InChI=1S/C19H25ClN6OS/c1-5-12(6-2)14-15-18(25(4)24-14)22-13(11(3)21-15)16-17(20)23-19(28-16)26-7-9-27-10-8-26/h12H,5-10H2,1-4H3. The van der Waals surface area contributed by atoms with Crippen LogP contribution < -0.4 is 4.90 Å². The molecule has 1 aliphatic heterocycles. The first-order valence-electron chi connectivity index (χ1n) is 9.74. The van der Waals surface area contributed by atoms with E-state index < -0.39 is 0 Å². The highest BCUT2D eigenvalue weighted by molar-refractivity contribution is 7.19. The number of rotatable bonds is 5. The Morgan fingerprint density at radius 2 is 1.86 bits per heavy atom. The van der Waals surface area contributed by atoms with Crippen LogP contribution >= 0.6 is 22.9 Å². The molecule has 0 saturated carbocycles. The molecule has 1 fully saturated rings. The summed E-state index contributed by atoms with van der Waals surface area (Å²) in [6.45, 7) is 9.44. The fourth-order valence-corrected chi connectivity index (χ4v) is 5.04. The molecule has 0 radical (unpaired) electrons. The third-order valence-corrected chi connectivity index (χ3v) is 6.81. The summed E-state index contributed by atoms with van der Waals surface area (Å²) in [6.07, 6.45) is 2.07. The molecule has 0 unspecified atom stereocenters. The van der Waals surface area contributed by atoms with Gasteiger partial charge in [-0.1, -0.05) is 36.8 Å². The second-order valence-corrected chi connectivity index (χ2v) is 8.40. The largest absolute Gasteiger partial charge is 0.378 e. The maximum Gasteiger partial charge on any atom is 0.187 e. The van der Waals surface area contributed by atoms with Gasteiger partial charge >= 0.3 is 0 Å². The van der Waals surface area contributed by atoms with E-state index in [0.717, 1.165) is 64.2 Å². The average molecular weight is 421 g/mol. The normalized spacial score (nSPS) is 15.1. The van der Waals surface area contributed by atoms with Gasteiger partial charge in [-0.15, -0.1) is 0 Å². The highest BCUT2D eigenvalue weighted by Crippen LogP contribution is 2.39. The molecular weight excluding hydrogens is 396 g/mol. The number of hydrogen-bond acceptors (Lipinski definition) is 7. The molecule has 0 atom stereocenters. The summed E-state index contributed by atoms with van der Waals surface area (Å²) in [6, 6.07) is 0. The van der Waals surface area contributed by atoms with Crippen LogP contribution in [0.4, 0.5) is 5.13 Å². The van der Waals surface area contributed by atoms with E-state index in [2.05, 4.69) is 23.7 Å². The minimum absolute atomic E-state index is 0.392. The second kappa shape index (κ2) is 7.93. The zero-order valence-corrected chi connectivity index (χ0v) is 18.3.